The minimum Gasteiger partial charge on any atom is -0.494 e. The van der Waals surface area contributed by atoms with E-state index in [0.717, 1.165) is 51.5 Å². The smallest absolute Gasteiger partial charge is 0.305 e. The van der Waals surface area contributed by atoms with Crippen molar-refractivity contribution in [3.63, 3.8) is 0 Å². The molecule has 2 aromatic carbocycles. The Morgan fingerprint density at radius 1 is 1.03 bits per heavy atom. The number of nitrogen functional groups attached to an aromatic ring is 1. The van der Waals surface area contributed by atoms with Gasteiger partial charge in [0.2, 0.25) is 0 Å². The normalized spacial score (nSPS) is 11.1. The molecule has 2 aromatic heterocycles. The highest BCUT2D eigenvalue weighted by molar-refractivity contribution is 6.08. The van der Waals surface area contributed by atoms with Gasteiger partial charge in [-0.3, -0.25) is 9.78 Å². The molecule has 0 bridgehead atoms. The molecule has 170 valence electrons. The highest BCUT2D eigenvalue weighted by Gasteiger charge is 2.10. The first-order chi connectivity index (χ1) is 15.9. The summed E-state index contributed by atoms with van der Waals surface area (Å²) in [6.45, 7) is 4.64. The van der Waals surface area contributed by atoms with E-state index in [1.165, 1.54) is 18.2 Å². The summed E-state index contributed by atoms with van der Waals surface area (Å²) >= 11 is 0. The SMILES string of the molecule is COC(=O)CCCOc1ccc(CCc2cnc3c(N)nc4cc(C)ccc4c3c2)c(C)c1. The fraction of sp³-hybridized carbons (Fsp3) is 0.296. The lowest BCUT2D eigenvalue weighted by atomic mass is 9.99. The lowest BCUT2D eigenvalue weighted by Gasteiger charge is -2.11. The van der Waals surface area contributed by atoms with Crippen molar-refractivity contribution in [3.8, 4) is 5.75 Å². The van der Waals surface area contributed by atoms with E-state index < -0.39 is 0 Å². The second kappa shape index (κ2) is 9.86. The Labute approximate surface area is 193 Å². The number of pyridine rings is 2. The number of esters is 1. The van der Waals surface area contributed by atoms with Crippen LogP contribution in [0.15, 0.2) is 48.7 Å². The van der Waals surface area contributed by atoms with Gasteiger partial charge < -0.3 is 15.2 Å². The maximum Gasteiger partial charge on any atom is 0.305 e. The summed E-state index contributed by atoms with van der Waals surface area (Å²) in [5.41, 5.74) is 12.6. The van der Waals surface area contributed by atoms with Gasteiger partial charge in [-0.1, -0.05) is 18.2 Å². The van der Waals surface area contributed by atoms with Gasteiger partial charge in [0.05, 0.1) is 19.2 Å². The summed E-state index contributed by atoms with van der Waals surface area (Å²) in [5, 5.41) is 2.12. The van der Waals surface area contributed by atoms with Gasteiger partial charge in [-0.2, -0.15) is 0 Å². The average molecular weight is 444 g/mol. The van der Waals surface area contributed by atoms with E-state index in [4.69, 9.17) is 10.5 Å². The Balaban J connectivity index is 1.46. The van der Waals surface area contributed by atoms with Gasteiger partial charge in [-0.05, 0) is 79.6 Å². The van der Waals surface area contributed by atoms with Crippen molar-refractivity contribution in [2.24, 2.45) is 0 Å². The maximum atomic E-state index is 11.2. The number of methoxy groups -OCH3 is 1. The van der Waals surface area contributed by atoms with Crippen LogP contribution >= 0.6 is 0 Å². The van der Waals surface area contributed by atoms with Crippen LogP contribution < -0.4 is 10.5 Å². The monoisotopic (exact) mass is 443 g/mol. The van der Waals surface area contributed by atoms with Crippen LogP contribution in [0.4, 0.5) is 5.82 Å². The third-order valence-corrected chi connectivity index (χ3v) is 5.89. The zero-order valence-electron chi connectivity index (χ0n) is 19.4. The van der Waals surface area contributed by atoms with E-state index in [-0.39, 0.29) is 5.97 Å². The second-order valence-corrected chi connectivity index (χ2v) is 8.37. The predicted molar refractivity (Wildman–Crippen MR) is 132 cm³/mol. The first-order valence-electron chi connectivity index (χ1n) is 11.2. The Morgan fingerprint density at radius 2 is 1.88 bits per heavy atom. The Morgan fingerprint density at radius 3 is 2.67 bits per heavy atom. The van der Waals surface area contributed by atoms with E-state index in [9.17, 15) is 4.79 Å². The van der Waals surface area contributed by atoms with Gasteiger partial charge in [-0.25, -0.2) is 4.98 Å². The van der Waals surface area contributed by atoms with Crippen molar-refractivity contribution in [2.75, 3.05) is 19.5 Å². The summed E-state index contributed by atoms with van der Waals surface area (Å²) in [6, 6.07) is 14.6. The van der Waals surface area contributed by atoms with Crippen molar-refractivity contribution < 1.29 is 14.3 Å². The zero-order valence-corrected chi connectivity index (χ0v) is 19.4. The molecule has 0 spiro atoms. The van der Waals surface area contributed by atoms with Crippen molar-refractivity contribution in [2.45, 2.75) is 39.5 Å². The largest absolute Gasteiger partial charge is 0.494 e. The molecule has 0 aliphatic carbocycles. The molecular formula is C27H29N3O3. The van der Waals surface area contributed by atoms with Gasteiger partial charge in [-0.15, -0.1) is 0 Å². The molecule has 0 aliphatic rings. The van der Waals surface area contributed by atoms with Crippen LogP contribution in [0, 0.1) is 13.8 Å². The molecule has 0 fully saturated rings. The number of nitrogens with zero attached hydrogens (tertiary/aromatic N) is 2. The number of anilines is 1. The predicted octanol–water partition coefficient (Wildman–Crippen LogP) is 5.10. The van der Waals surface area contributed by atoms with Gasteiger partial charge in [0.25, 0.3) is 0 Å². The molecule has 2 heterocycles. The summed E-state index contributed by atoms with van der Waals surface area (Å²) < 4.78 is 10.4. The second-order valence-electron chi connectivity index (χ2n) is 8.37. The van der Waals surface area contributed by atoms with Gasteiger partial charge in [0, 0.05) is 23.4 Å². The van der Waals surface area contributed by atoms with Gasteiger partial charge >= 0.3 is 5.97 Å². The number of fused-ring (bicyclic) bond motifs is 3. The van der Waals surface area contributed by atoms with Gasteiger partial charge in [0.1, 0.15) is 11.3 Å². The average Bonchev–Trinajstić information content (AvgIpc) is 2.80. The van der Waals surface area contributed by atoms with Crippen LogP contribution in [0.25, 0.3) is 21.8 Å². The van der Waals surface area contributed by atoms with Crippen LogP contribution in [0.3, 0.4) is 0 Å². The van der Waals surface area contributed by atoms with Gasteiger partial charge in [0.15, 0.2) is 5.82 Å². The standard InChI is InChI=1S/C27H29N3O3/c1-17-6-11-22-23-15-19(16-29-26(23)27(28)30-24(22)13-17)7-8-20-9-10-21(14-18(20)2)33-12-4-5-25(31)32-3/h6,9-11,13-16H,4-5,7-8,12H2,1-3H3,(H2,28,30). The number of ether oxygens (including phenoxy) is 2. The molecule has 0 aliphatic heterocycles. The Kier molecular flexibility index (Phi) is 6.73. The lowest BCUT2D eigenvalue weighted by molar-refractivity contribution is -0.140. The number of hydrogen-bond acceptors (Lipinski definition) is 6. The fourth-order valence-electron chi connectivity index (χ4n) is 4.03. The number of carbonyl (C=O) groups excluding carboxylic acids is 1. The third-order valence-electron chi connectivity index (χ3n) is 5.89. The van der Waals surface area contributed by atoms with Crippen LogP contribution in [-0.4, -0.2) is 29.7 Å². The number of nitrogens with two attached hydrogens (primary N) is 1. The van der Waals surface area contributed by atoms with Crippen LogP contribution in [0.5, 0.6) is 5.75 Å². The van der Waals surface area contributed by atoms with E-state index >= 15 is 0 Å². The van der Waals surface area contributed by atoms with Crippen molar-refractivity contribution in [3.05, 3.63) is 70.9 Å². The minimum absolute atomic E-state index is 0.213. The molecule has 33 heavy (non-hydrogen) atoms. The van der Waals surface area contributed by atoms with Crippen LogP contribution in [0.1, 0.15) is 35.1 Å². The maximum absolute atomic E-state index is 11.2. The quantitative estimate of drug-likeness (QED) is 0.232. The number of aryl methyl sites for hydroxylation is 4. The summed E-state index contributed by atoms with van der Waals surface area (Å²) in [6.07, 6.45) is 4.67. The summed E-state index contributed by atoms with van der Waals surface area (Å²) in [7, 11) is 1.40. The van der Waals surface area contributed by atoms with Crippen LogP contribution in [0.2, 0.25) is 0 Å². The molecule has 6 heteroatoms. The Hall–Kier alpha value is -3.67. The first kappa shape index (κ1) is 22.5. The molecule has 0 atom stereocenters. The molecular weight excluding hydrogens is 414 g/mol. The molecule has 4 rings (SSSR count). The van der Waals surface area contributed by atoms with Crippen molar-refractivity contribution in [1.82, 2.24) is 9.97 Å². The number of carbonyl (C=O) groups is 1. The van der Waals surface area contributed by atoms with E-state index in [0.29, 0.717) is 25.3 Å². The zero-order chi connectivity index (χ0) is 23.4. The molecule has 0 radical (unpaired) electrons. The van der Waals surface area contributed by atoms with E-state index in [1.807, 2.05) is 18.3 Å². The summed E-state index contributed by atoms with van der Waals surface area (Å²) in [5.74, 6) is 1.07. The van der Waals surface area contributed by atoms with E-state index in [1.54, 1.807) is 0 Å². The highest BCUT2D eigenvalue weighted by Crippen LogP contribution is 2.28. The molecule has 0 saturated heterocycles. The summed E-state index contributed by atoms with van der Waals surface area (Å²) in [4.78, 5) is 20.3. The number of benzene rings is 2. The third kappa shape index (κ3) is 5.22. The molecule has 6 nitrogen and oxygen atoms in total. The van der Waals surface area contributed by atoms with Crippen LogP contribution in [-0.2, 0) is 22.4 Å². The van der Waals surface area contributed by atoms with E-state index in [2.05, 4.69) is 58.9 Å². The minimum atomic E-state index is -0.213. The molecule has 4 aromatic rings. The topological polar surface area (TPSA) is 87.3 Å². The fourth-order valence-corrected chi connectivity index (χ4v) is 4.03. The molecule has 2 N–H and O–H groups in total. The number of hydrogen-bond donors (Lipinski definition) is 1. The van der Waals surface area contributed by atoms with Crippen molar-refractivity contribution >= 4 is 33.6 Å². The molecule has 0 saturated carbocycles. The lowest BCUT2D eigenvalue weighted by Crippen LogP contribution is -2.05. The first-order valence-corrected chi connectivity index (χ1v) is 11.2. The molecule has 0 unspecified atom stereocenters. The molecule has 0 amide bonds. The number of rotatable bonds is 8. The Bertz CT molecular complexity index is 1320. The number of aromatic nitrogens is 2. The highest BCUT2D eigenvalue weighted by atomic mass is 16.5. The van der Waals surface area contributed by atoms with Crippen molar-refractivity contribution in [1.29, 1.82) is 0 Å².